The molecule has 2 rings (SSSR count). The Morgan fingerprint density at radius 1 is 0.947 bits per heavy atom. The van der Waals surface area contributed by atoms with E-state index in [2.05, 4.69) is 0 Å². The Morgan fingerprint density at radius 3 is 2.11 bits per heavy atom. The Hall–Kier alpha value is -1.88. The zero-order valence-corrected chi connectivity index (χ0v) is 9.94. The minimum Gasteiger partial charge on any atom is -0.288 e. The third kappa shape index (κ3) is 2.46. The Bertz CT molecular complexity index is 647. The lowest BCUT2D eigenvalue weighted by molar-refractivity contribution is 0.103. The third-order valence-corrected chi connectivity index (χ3v) is 2.81. The maximum atomic E-state index is 13.4. The first kappa shape index (κ1) is 13.5. The number of hydrogen-bond donors (Lipinski definition) is 0. The summed E-state index contributed by atoms with van der Waals surface area (Å²) in [5.41, 5.74) is -1.38. The lowest BCUT2D eigenvalue weighted by atomic mass is 10.0. The average Bonchev–Trinajstić information content (AvgIpc) is 2.31. The zero-order valence-electron chi connectivity index (χ0n) is 9.18. The smallest absolute Gasteiger partial charge is 0.200 e. The summed E-state index contributed by atoms with van der Waals surface area (Å²) >= 11 is 5.56. The minimum absolute atomic E-state index is 0.365. The highest BCUT2D eigenvalue weighted by Gasteiger charge is 2.23. The van der Waals surface area contributed by atoms with Crippen molar-refractivity contribution >= 4 is 17.4 Å². The van der Waals surface area contributed by atoms with Gasteiger partial charge in [0.15, 0.2) is 0 Å². The first-order chi connectivity index (χ1) is 8.91. The number of ketones is 1. The molecule has 0 aromatic heterocycles. The molecule has 0 amide bonds. The fraction of sp³-hybridized carbons (Fsp3) is 0. The molecule has 0 bridgehead atoms. The van der Waals surface area contributed by atoms with E-state index in [0.717, 1.165) is 12.1 Å². The van der Waals surface area contributed by atoms with Gasteiger partial charge in [0.05, 0.1) is 10.6 Å². The molecule has 0 aliphatic rings. The zero-order chi connectivity index (χ0) is 14.2. The Balaban J connectivity index is 2.60. The van der Waals surface area contributed by atoms with Gasteiger partial charge in [-0.3, -0.25) is 4.79 Å². The molecule has 0 heterocycles. The van der Waals surface area contributed by atoms with E-state index in [1.54, 1.807) is 0 Å². The Kier molecular flexibility index (Phi) is 3.57. The second-order valence-corrected chi connectivity index (χ2v) is 4.05. The summed E-state index contributed by atoms with van der Waals surface area (Å²) < 4.78 is 52.8. The van der Waals surface area contributed by atoms with Crippen LogP contribution < -0.4 is 0 Å². The minimum atomic E-state index is -1.37. The summed E-state index contributed by atoms with van der Waals surface area (Å²) in [5.74, 6) is -5.95. The maximum absolute atomic E-state index is 13.4. The summed E-state index contributed by atoms with van der Waals surface area (Å²) in [5, 5.41) is -0.546. The van der Waals surface area contributed by atoms with Gasteiger partial charge >= 0.3 is 0 Å². The molecule has 2 aromatic rings. The van der Waals surface area contributed by atoms with E-state index in [0.29, 0.717) is 12.1 Å². The van der Waals surface area contributed by atoms with Crippen molar-refractivity contribution in [3.8, 4) is 0 Å². The van der Waals surface area contributed by atoms with Gasteiger partial charge in [-0.25, -0.2) is 17.6 Å². The summed E-state index contributed by atoms with van der Waals surface area (Å²) in [6, 6.07) is 4.02. The number of carbonyl (C=O) groups excluding carboxylic acids is 1. The molecule has 0 aliphatic carbocycles. The van der Waals surface area contributed by atoms with Gasteiger partial charge < -0.3 is 0 Å². The van der Waals surface area contributed by atoms with Crippen LogP contribution in [-0.2, 0) is 0 Å². The Labute approximate surface area is 110 Å². The van der Waals surface area contributed by atoms with E-state index in [-0.39, 0.29) is 0 Å². The van der Waals surface area contributed by atoms with Crippen LogP contribution in [0, 0.1) is 23.3 Å². The summed E-state index contributed by atoms with van der Waals surface area (Å²) in [6.07, 6.45) is 0. The fourth-order valence-corrected chi connectivity index (χ4v) is 1.78. The van der Waals surface area contributed by atoms with Crippen molar-refractivity contribution in [1.82, 2.24) is 0 Å². The van der Waals surface area contributed by atoms with E-state index in [1.807, 2.05) is 0 Å². The van der Waals surface area contributed by atoms with Crippen molar-refractivity contribution in [1.29, 1.82) is 0 Å². The lowest BCUT2D eigenvalue weighted by Crippen LogP contribution is -2.09. The van der Waals surface area contributed by atoms with Crippen LogP contribution in [0.2, 0.25) is 5.02 Å². The first-order valence-corrected chi connectivity index (χ1v) is 5.43. The van der Waals surface area contributed by atoms with E-state index < -0.39 is 45.2 Å². The SMILES string of the molecule is O=C(c1cccc(F)c1Cl)c1c(F)cc(F)cc1F. The molecule has 0 radical (unpaired) electrons. The standard InChI is InChI=1S/C13H5ClF4O/c14-12-7(2-1-3-8(12)16)13(19)11-9(17)4-6(15)5-10(11)18/h1-5H. The van der Waals surface area contributed by atoms with Crippen molar-refractivity contribution < 1.29 is 22.4 Å². The average molecular weight is 289 g/mol. The van der Waals surface area contributed by atoms with Gasteiger partial charge in [0.25, 0.3) is 0 Å². The molecule has 0 saturated carbocycles. The molecule has 0 N–H and O–H groups in total. The highest BCUT2D eigenvalue weighted by Crippen LogP contribution is 2.25. The largest absolute Gasteiger partial charge is 0.288 e. The van der Waals surface area contributed by atoms with Crippen LogP contribution >= 0.6 is 11.6 Å². The summed E-state index contributed by atoms with van der Waals surface area (Å²) in [4.78, 5) is 11.9. The number of hydrogen-bond acceptors (Lipinski definition) is 1. The van der Waals surface area contributed by atoms with Gasteiger partial charge in [-0.05, 0) is 12.1 Å². The summed E-state index contributed by atoms with van der Waals surface area (Å²) in [7, 11) is 0. The van der Waals surface area contributed by atoms with Crippen LogP contribution in [0.25, 0.3) is 0 Å². The van der Waals surface area contributed by atoms with Gasteiger partial charge in [-0.1, -0.05) is 17.7 Å². The number of halogens is 5. The molecule has 0 atom stereocenters. The number of carbonyl (C=O) groups is 1. The van der Waals surface area contributed by atoms with Gasteiger partial charge in [0.2, 0.25) is 5.78 Å². The normalized spacial score (nSPS) is 10.6. The van der Waals surface area contributed by atoms with E-state index in [4.69, 9.17) is 11.6 Å². The lowest BCUT2D eigenvalue weighted by Gasteiger charge is -2.06. The van der Waals surface area contributed by atoms with E-state index in [1.165, 1.54) is 6.07 Å². The van der Waals surface area contributed by atoms with Crippen LogP contribution in [0.4, 0.5) is 17.6 Å². The summed E-state index contributed by atoms with van der Waals surface area (Å²) in [6.45, 7) is 0. The molecule has 2 aromatic carbocycles. The maximum Gasteiger partial charge on any atom is 0.200 e. The van der Waals surface area contributed by atoms with E-state index >= 15 is 0 Å². The molecule has 0 unspecified atom stereocenters. The molecular weight excluding hydrogens is 284 g/mol. The fourth-order valence-electron chi connectivity index (χ4n) is 1.57. The predicted octanol–water partition coefficient (Wildman–Crippen LogP) is 4.13. The van der Waals surface area contributed by atoms with E-state index in [9.17, 15) is 22.4 Å². The molecule has 0 aliphatic heterocycles. The van der Waals surface area contributed by atoms with Gasteiger partial charge in [-0.15, -0.1) is 0 Å². The number of rotatable bonds is 2. The van der Waals surface area contributed by atoms with Crippen LogP contribution in [-0.4, -0.2) is 5.78 Å². The molecule has 6 heteroatoms. The van der Waals surface area contributed by atoms with Crippen molar-refractivity contribution in [2.75, 3.05) is 0 Å². The monoisotopic (exact) mass is 288 g/mol. The van der Waals surface area contributed by atoms with Gasteiger partial charge in [0, 0.05) is 17.7 Å². The third-order valence-electron chi connectivity index (χ3n) is 2.43. The van der Waals surface area contributed by atoms with Gasteiger partial charge in [-0.2, -0.15) is 0 Å². The highest BCUT2D eigenvalue weighted by atomic mass is 35.5. The molecular formula is C13H5ClF4O. The number of benzene rings is 2. The predicted molar refractivity (Wildman–Crippen MR) is 61.2 cm³/mol. The molecule has 0 fully saturated rings. The highest BCUT2D eigenvalue weighted by molar-refractivity contribution is 6.35. The quantitative estimate of drug-likeness (QED) is 0.600. The van der Waals surface area contributed by atoms with Crippen LogP contribution in [0.15, 0.2) is 30.3 Å². The van der Waals surface area contributed by atoms with Crippen molar-refractivity contribution in [3.63, 3.8) is 0 Å². The molecule has 98 valence electrons. The van der Waals surface area contributed by atoms with Crippen LogP contribution in [0.1, 0.15) is 15.9 Å². The second kappa shape index (κ2) is 5.01. The van der Waals surface area contributed by atoms with Crippen molar-refractivity contribution in [2.45, 2.75) is 0 Å². The van der Waals surface area contributed by atoms with Crippen LogP contribution in [0.3, 0.4) is 0 Å². The van der Waals surface area contributed by atoms with Crippen molar-refractivity contribution in [2.24, 2.45) is 0 Å². The van der Waals surface area contributed by atoms with Gasteiger partial charge in [0.1, 0.15) is 23.3 Å². The van der Waals surface area contributed by atoms with Crippen molar-refractivity contribution in [3.05, 3.63) is 69.8 Å². The second-order valence-electron chi connectivity index (χ2n) is 3.67. The Morgan fingerprint density at radius 2 is 1.53 bits per heavy atom. The molecule has 1 nitrogen and oxygen atoms in total. The molecule has 0 spiro atoms. The molecule has 0 saturated heterocycles. The topological polar surface area (TPSA) is 17.1 Å². The first-order valence-electron chi connectivity index (χ1n) is 5.05. The molecule has 19 heavy (non-hydrogen) atoms. The van der Waals surface area contributed by atoms with Crippen LogP contribution in [0.5, 0.6) is 0 Å².